The third kappa shape index (κ3) is 7.47. The van der Waals surface area contributed by atoms with Crippen molar-refractivity contribution < 1.29 is 43.0 Å². The van der Waals surface area contributed by atoms with Gasteiger partial charge in [-0.25, -0.2) is 14.2 Å². The van der Waals surface area contributed by atoms with Crippen LogP contribution in [0, 0.1) is 0 Å². The third-order valence-electron chi connectivity index (χ3n) is 7.46. The first-order valence-corrected chi connectivity index (χ1v) is 15.4. The van der Waals surface area contributed by atoms with Crippen LogP contribution in [0.15, 0.2) is 40.3 Å². The molecule has 0 aromatic heterocycles. The largest absolute Gasteiger partial charge is 0.490 e. The van der Waals surface area contributed by atoms with Gasteiger partial charge in [0.25, 0.3) is 24.1 Å². The summed E-state index contributed by atoms with van der Waals surface area (Å²) in [4.78, 5) is 45.1. The fraction of sp³-hybridized carbons (Fsp3) is 0.455. The lowest BCUT2D eigenvalue weighted by Gasteiger charge is -2.30. The van der Waals surface area contributed by atoms with Gasteiger partial charge in [-0.05, 0) is 74.5 Å². The van der Waals surface area contributed by atoms with E-state index < -0.39 is 23.9 Å². The molecule has 1 atom stereocenters. The van der Waals surface area contributed by atoms with Crippen LogP contribution in [0.2, 0.25) is 0 Å². The maximum Gasteiger partial charge on any atom is 0.345 e. The van der Waals surface area contributed by atoms with E-state index in [1.807, 2.05) is 33.8 Å². The van der Waals surface area contributed by atoms with Crippen LogP contribution in [-0.4, -0.2) is 115 Å². The highest BCUT2D eigenvalue weighted by atomic mass is 16.5. The van der Waals surface area contributed by atoms with Gasteiger partial charge in [-0.15, -0.1) is 0 Å². The van der Waals surface area contributed by atoms with Gasteiger partial charge in [0.15, 0.2) is 29.5 Å². The number of hydrogen-bond donors (Lipinski definition) is 1. The fourth-order valence-electron chi connectivity index (χ4n) is 5.39. The molecule has 2 aromatic rings. The number of carbonyl (C=O) groups is 3. The number of hydrogen-bond acceptors (Lipinski definition) is 9. The van der Waals surface area contributed by atoms with E-state index in [4.69, 9.17) is 29.0 Å². The summed E-state index contributed by atoms with van der Waals surface area (Å²) >= 11 is 0. The van der Waals surface area contributed by atoms with E-state index >= 15 is 0 Å². The Labute approximate surface area is 268 Å². The summed E-state index contributed by atoms with van der Waals surface area (Å²) in [5.74, 6) is 1.89. The quantitative estimate of drug-likeness (QED) is 0.350. The first-order chi connectivity index (χ1) is 22.1. The Morgan fingerprint density at radius 1 is 0.891 bits per heavy atom. The van der Waals surface area contributed by atoms with E-state index in [2.05, 4.69) is 29.3 Å². The lowest BCUT2D eigenvalue weighted by Crippen LogP contribution is -2.61. The maximum absolute atomic E-state index is 11.9. The zero-order valence-electron chi connectivity index (χ0n) is 27.2. The number of carboxylic acids is 1. The number of carboxylic acid groups (broad SMARTS) is 1. The van der Waals surface area contributed by atoms with Crippen LogP contribution in [0.1, 0.15) is 44.4 Å². The molecule has 46 heavy (non-hydrogen) atoms. The first kappa shape index (κ1) is 33.9. The molecule has 13 nitrogen and oxygen atoms in total. The van der Waals surface area contributed by atoms with Crippen LogP contribution in [0.4, 0.5) is 4.79 Å². The summed E-state index contributed by atoms with van der Waals surface area (Å²) < 4.78 is 24.4. The Kier molecular flexibility index (Phi) is 11.3. The molecule has 3 heterocycles. The minimum Gasteiger partial charge on any atom is -0.490 e. The molecule has 1 unspecified atom stereocenters. The zero-order valence-corrected chi connectivity index (χ0v) is 27.2. The van der Waals surface area contributed by atoms with Gasteiger partial charge in [0, 0.05) is 38.3 Å². The molecule has 0 saturated carbocycles. The molecule has 1 fully saturated rings. The first-order valence-electron chi connectivity index (χ1n) is 15.4. The Morgan fingerprint density at radius 2 is 1.50 bits per heavy atom. The molecule has 0 radical (unpaired) electrons. The van der Waals surface area contributed by atoms with Crippen molar-refractivity contribution in [1.29, 1.82) is 0 Å². The SMILES string of the molecule is CCOc1ccc(CC2=NCCc3cc(OCC)c(OCC)cc32)cc1OCC.CN1C(=O)C2C(=NC=[N+]2CC(=O)O)N(C)C1=O. The van der Waals surface area contributed by atoms with Crippen LogP contribution in [0.3, 0.4) is 0 Å². The molecule has 246 valence electrons. The van der Waals surface area contributed by atoms with E-state index in [1.165, 1.54) is 35.5 Å². The van der Waals surface area contributed by atoms with Crippen molar-refractivity contribution in [2.45, 2.75) is 46.6 Å². The average molecular weight is 637 g/mol. The van der Waals surface area contributed by atoms with Crippen molar-refractivity contribution in [3.63, 3.8) is 0 Å². The molecule has 0 bridgehead atoms. The Bertz CT molecular complexity index is 1570. The third-order valence-corrected chi connectivity index (χ3v) is 7.46. The molecule has 0 aliphatic carbocycles. The van der Waals surface area contributed by atoms with Crippen molar-refractivity contribution in [1.82, 2.24) is 9.80 Å². The summed E-state index contributed by atoms with van der Waals surface area (Å²) in [5.41, 5.74) is 4.63. The second kappa shape index (κ2) is 15.4. The standard InChI is InChI=1S/C24H31NO4.C9H10N4O4/c1-5-26-21-10-9-17(14-22(21)27-6-2)13-20-19-16-24(29-8-4)23(28-7-3)15-18(19)11-12-25-20;1-11-7-6(8(16)12(2)9(11)17)13(4-10-7)3-5(14)15/h9-10,14-16H,5-8,11-13H2,1-4H3;4,6H,3H2,1-2H3/p+1. The Balaban J connectivity index is 0.000000240. The molecule has 2 aromatic carbocycles. The van der Waals surface area contributed by atoms with Gasteiger partial charge in [-0.2, -0.15) is 0 Å². The number of carbonyl (C=O) groups excluding carboxylic acids is 2. The smallest absolute Gasteiger partial charge is 0.345 e. The highest BCUT2D eigenvalue weighted by Gasteiger charge is 2.50. The number of amides is 3. The van der Waals surface area contributed by atoms with E-state index in [1.54, 1.807) is 0 Å². The van der Waals surface area contributed by atoms with Crippen LogP contribution in [-0.2, 0) is 22.4 Å². The molecule has 13 heteroatoms. The molecule has 0 spiro atoms. The second-order valence-electron chi connectivity index (χ2n) is 10.5. The van der Waals surface area contributed by atoms with E-state index in [-0.39, 0.29) is 12.4 Å². The Hall–Kier alpha value is -4.94. The molecule has 3 aliphatic heterocycles. The monoisotopic (exact) mass is 636 g/mol. The zero-order chi connectivity index (χ0) is 33.4. The number of benzene rings is 2. The number of amidine groups is 1. The van der Waals surface area contributed by atoms with Crippen molar-refractivity contribution in [3.05, 3.63) is 47.0 Å². The van der Waals surface area contributed by atoms with Gasteiger partial charge in [0.2, 0.25) is 0 Å². The van der Waals surface area contributed by atoms with Gasteiger partial charge < -0.3 is 24.1 Å². The maximum atomic E-state index is 11.9. The second-order valence-corrected chi connectivity index (χ2v) is 10.5. The van der Waals surface area contributed by atoms with E-state index in [9.17, 15) is 14.4 Å². The van der Waals surface area contributed by atoms with Crippen molar-refractivity contribution in [2.75, 3.05) is 53.6 Å². The normalized spacial score (nSPS) is 16.7. The highest BCUT2D eigenvalue weighted by Crippen LogP contribution is 2.35. The molecular weight excluding hydrogens is 594 g/mol. The summed E-state index contributed by atoms with van der Waals surface area (Å²) in [6, 6.07) is 9.03. The topological polar surface area (TPSA) is 143 Å². The molecular formula is C33H42N5O8+. The van der Waals surface area contributed by atoms with E-state index in [0.29, 0.717) is 26.4 Å². The lowest BCUT2D eigenvalue weighted by atomic mass is 9.93. The number of rotatable bonds is 12. The van der Waals surface area contributed by atoms with Gasteiger partial charge in [0.1, 0.15) is 0 Å². The van der Waals surface area contributed by atoms with Gasteiger partial charge in [-0.1, -0.05) is 6.07 Å². The highest BCUT2D eigenvalue weighted by molar-refractivity contribution is 6.21. The summed E-state index contributed by atoms with van der Waals surface area (Å²) in [6.07, 6.45) is 2.92. The summed E-state index contributed by atoms with van der Waals surface area (Å²) in [7, 11) is 2.85. The van der Waals surface area contributed by atoms with Crippen molar-refractivity contribution in [3.8, 4) is 23.0 Å². The minimum atomic E-state index is -1.06. The summed E-state index contributed by atoms with van der Waals surface area (Å²) in [6.45, 7) is 10.8. The van der Waals surface area contributed by atoms with Crippen LogP contribution < -0.4 is 18.9 Å². The van der Waals surface area contributed by atoms with Crippen LogP contribution in [0.25, 0.3) is 0 Å². The number of ether oxygens (including phenoxy) is 4. The molecule has 1 saturated heterocycles. The molecule has 1 N–H and O–H groups in total. The van der Waals surface area contributed by atoms with E-state index in [0.717, 1.165) is 64.1 Å². The van der Waals surface area contributed by atoms with Gasteiger partial charge in [-0.3, -0.25) is 19.6 Å². The average Bonchev–Trinajstić information content (AvgIpc) is 3.44. The number of imide groups is 1. The number of aliphatic imine (C=N–C) groups is 2. The number of fused-ring (bicyclic) bond motifs is 2. The number of likely N-dealkylation sites (N-methyl/N-ethyl adjacent to an activating group) is 2. The Morgan fingerprint density at radius 3 is 2.13 bits per heavy atom. The lowest BCUT2D eigenvalue weighted by molar-refractivity contribution is -0.521. The molecule has 3 amide bonds. The van der Waals surface area contributed by atoms with Gasteiger partial charge >= 0.3 is 12.0 Å². The predicted octanol–water partition coefficient (Wildman–Crippen LogP) is 3.29. The van der Waals surface area contributed by atoms with Crippen LogP contribution >= 0.6 is 0 Å². The van der Waals surface area contributed by atoms with Crippen molar-refractivity contribution >= 4 is 35.8 Å². The molecule has 3 aliphatic rings. The minimum absolute atomic E-state index is 0.263. The summed E-state index contributed by atoms with van der Waals surface area (Å²) in [5, 5.41) is 8.72. The number of urea groups is 1. The molecule has 5 rings (SSSR count). The van der Waals surface area contributed by atoms with Crippen LogP contribution in [0.5, 0.6) is 23.0 Å². The number of aliphatic carboxylic acids is 1. The number of nitrogens with zero attached hydrogens (tertiary/aromatic N) is 5. The fourth-order valence-corrected chi connectivity index (χ4v) is 5.39. The van der Waals surface area contributed by atoms with Crippen molar-refractivity contribution in [2.24, 2.45) is 9.98 Å². The van der Waals surface area contributed by atoms with Gasteiger partial charge in [0.05, 0.1) is 26.4 Å². The predicted molar refractivity (Wildman–Crippen MR) is 172 cm³/mol.